The van der Waals surface area contributed by atoms with Crippen LogP contribution in [0.4, 0.5) is 4.39 Å². The number of likely N-dealkylation sites (tertiary alicyclic amines) is 1. The van der Waals surface area contributed by atoms with Gasteiger partial charge in [-0.1, -0.05) is 17.7 Å². The molecule has 0 aromatic heterocycles. The van der Waals surface area contributed by atoms with Crippen LogP contribution in [0.5, 0.6) is 0 Å². The van der Waals surface area contributed by atoms with E-state index in [4.69, 9.17) is 22.1 Å². The summed E-state index contributed by atoms with van der Waals surface area (Å²) in [7, 11) is 2.05. The number of nitrogens with zero attached hydrogens (tertiary/aromatic N) is 2. The number of benzene rings is 1. The van der Waals surface area contributed by atoms with Crippen LogP contribution in [0.3, 0.4) is 0 Å². The summed E-state index contributed by atoms with van der Waals surface area (Å²) in [6.45, 7) is 5.73. The van der Waals surface area contributed by atoms with Crippen molar-refractivity contribution < 1.29 is 9.13 Å². The Labute approximate surface area is 177 Å². The van der Waals surface area contributed by atoms with Gasteiger partial charge in [-0.2, -0.15) is 0 Å². The van der Waals surface area contributed by atoms with E-state index < -0.39 is 0 Å². The first-order chi connectivity index (χ1) is 12.0. The molecule has 0 radical (unpaired) electrons. The summed E-state index contributed by atoms with van der Waals surface area (Å²) < 4.78 is 19.1. The largest absolute Gasteiger partial charge is 0.382 e. The van der Waals surface area contributed by atoms with Crippen LogP contribution in [0.2, 0.25) is 5.02 Å². The lowest BCUT2D eigenvalue weighted by Crippen LogP contribution is -2.33. The molecule has 1 aromatic rings. The molecule has 3 N–H and O–H groups in total. The molecular formula is C18H29ClFIN4O. The molecule has 5 nitrogen and oxygen atoms in total. The quantitative estimate of drug-likeness (QED) is 0.250. The molecule has 1 aliphatic heterocycles. The fraction of sp³-hybridized carbons (Fsp3) is 0.611. The summed E-state index contributed by atoms with van der Waals surface area (Å²) in [4.78, 5) is 6.70. The topological polar surface area (TPSA) is 62.9 Å². The summed E-state index contributed by atoms with van der Waals surface area (Å²) >= 11 is 5.80. The van der Waals surface area contributed by atoms with Crippen LogP contribution < -0.4 is 11.1 Å². The minimum absolute atomic E-state index is 0. The second-order valence-corrected chi connectivity index (χ2v) is 6.76. The molecule has 2 atom stereocenters. The lowest BCUT2D eigenvalue weighted by molar-refractivity contribution is 0.145. The number of ether oxygens (including phenoxy) is 1. The van der Waals surface area contributed by atoms with Crippen LogP contribution >= 0.6 is 35.6 Å². The number of guanidine groups is 1. The lowest BCUT2D eigenvalue weighted by atomic mass is 9.94. The highest BCUT2D eigenvalue weighted by molar-refractivity contribution is 14.0. The van der Waals surface area contributed by atoms with E-state index in [2.05, 4.69) is 22.3 Å². The normalized spacial score (nSPS) is 20.8. The molecule has 1 aromatic carbocycles. The average Bonchev–Trinajstić information content (AvgIpc) is 2.96. The molecule has 0 aliphatic carbocycles. The molecule has 148 valence electrons. The van der Waals surface area contributed by atoms with Crippen molar-refractivity contribution in [1.82, 2.24) is 10.2 Å². The maximum Gasteiger partial charge on any atom is 0.188 e. The first-order valence-electron chi connectivity index (χ1n) is 8.79. The number of rotatable bonds is 8. The Morgan fingerprint density at radius 2 is 2.27 bits per heavy atom. The van der Waals surface area contributed by atoms with Crippen molar-refractivity contribution in [2.45, 2.75) is 25.8 Å². The SMILES string of the molecule is CCOCCCNC(N)=NCC1CCN(C)C1c1ccc(Cl)c(F)c1.I. The summed E-state index contributed by atoms with van der Waals surface area (Å²) in [6.07, 6.45) is 1.90. The third-order valence-electron chi connectivity index (χ3n) is 4.53. The van der Waals surface area contributed by atoms with Crippen molar-refractivity contribution in [1.29, 1.82) is 0 Å². The first-order valence-corrected chi connectivity index (χ1v) is 9.17. The zero-order valence-corrected chi connectivity index (χ0v) is 18.5. The van der Waals surface area contributed by atoms with E-state index in [1.54, 1.807) is 6.07 Å². The van der Waals surface area contributed by atoms with E-state index in [0.717, 1.165) is 38.1 Å². The molecule has 8 heteroatoms. The molecule has 2 rings (SSSR count). The predicted molar refractivity (Wildman–Crippen MR) is 116 cm³/mol. The standard InChI is InChI=1S/C18H28ClFN4O.HI/c1-3-25-10-4-8-22-18(21)23-12-14-7-9-24(2)17(14)13-5-6-15(19)16(20)11-13;/h5-6,11,14,17H,3-4,7-10,12H2,1-2H3,(H3,21,22,23);1H. The number of hydrogen-bond acceptors (Lipinski definition) is 3. The van der Waals surface area contributed by atoms with Gasteiger partial charge in [-0.25, -0.2) is 4.39 Å². The number of hydrogen-bond donors (Lipinski definition) is 2. The van der Waals surface area contributed by atoms with Gasteiger partial charge in [0.15, 0.2) is 5.96 Å². The van der Waals surface area contributed by atoms with Crippen LogP contribution in [0.15, 0.2) is 23.2 Å². The highest BCUT2D eigenvalue weighted by Gasteiger charge is 2.33. The molecule has 1 heterocycles. The zero-order valence-electron chi connectivity index (χ0n) is 15.4. The smallest absolute Gasteiger partial charge is 0.188 e. The number of nitrogens with two attached hydrogens (primary N) is 1. The lowest BCUT2D eigenvalue weighted by Gasteiger charge is -2.25. The maximum absolute atomic E-state index is 13.8. The van der Waals surface area contributed by atoms with Gasteiger partial charge in [0, 0.05) is 32.3 Å². The Kier molecular flexibility index (Phi) is 10.7. The minimum atomic E-state index is -0.378. The fourth-order valence-electron chi connectivity index (χ4n) is 3.25. The van der Waals surface area contributed by atoms with Gasteiger partial charge in [0.25, 0.3) is 0 Å². The average molecular weight is 499 g/mol. The molecule has 26 heavy (non-hydrogen) atoms. The molecule has 0 bridgehead atoms. The molecule has 1 saturated heterocycles. The Balaban J connectivity index is 0.00000338. The Hall–Kier alpha value is -0.640. The number of nitrogens with one attached hydrogen (secondary N) is 1. The van der Waals surface area contributed by atoms with Gasteiger partial charge >= 0.3 is 0 Å². The monoisotopic (exact) mass is 498 g/mol. The third kappa shape index (κ3) is 6.83. The number of halogens is 3. The molecule has 1 aliphatic rings. The van der Waals surface area contributed by atoms with Crippen LogP contribution in [0.1, 0.15) is 31.4 Å². The minimum Gasteiger partial charge on any atom is -0.382 e. The first kappa shape index (κ1) is 23.4. The van der Waals surface area contributed by atoms with Gasteiger partial charge < -0.3 is 15.8 Å². The molecule has 0 saturated carbocycles. The van der Waals surface area contributed by atoms with Crippen LogP contribution in [0.25, 0.3) is 0 Å². The van der Waals surface area contributed by atoms with Gasteiger partial charge in [0.1, 0.15) is 5.82 Å². The van der Waals surface area contributed by atoms with Gasteiger partial charge in [-0.3, -0.25) is 9.89 Å². The Bertz CT molecular complexity index is 590. The van der Waals surface area contributed by atoms with E-state index >= 15 is 0 Å². The summed E-state index contributed by atoms with van der Waals surface area (Å²) in [5, 5.41) is 3.26. The molecule has 0 spiro atoms. The summed E-state index contributed by atoms with van der Waals surface area (Å²) in [5.41, 5.74) is 6.87. The van der Waals surface area contributed by atoms with Crippen LogP contribution in [-0.2, 0) is 4.74 Å². The Morgan fingerprint density at radius 1 is 1.50 bits per heavy atom. The zero-order chi connectivity index (χ0) is 18.2. The van der Waals surface area contributed by atoms with E-state index in [1.165, 1.54) is 6.07 Å². The second kappa shape index (κ2) is 11.9. The van der Waals surface area contributed by atoms with Gasteiger partial charge in [0.2, 0.25) is 0 Å². The van der Waals surface area contributed by atoms with Crippen molar-refractivity contribution in [3.63, 3.8) is 0 Å². The van der Waals surface area contributed by atoms with E-state index in [0.29, 0.717) is 25.0 Å². The molecule has 0 amide bonds. The maximum atomic E-state index is 13.8. The molecule has 1 fully saturated rings. The van der Waals surface area contributed by atoms with Crippen molar-refractivity contribution >= 4 is 41.5 Å². The van der Waals surface area contributed by atoms with Crippen molar-refractivity contribution in [2.24, 2.45) is 16.6 Å². The summed E-state index contributed by atoms with van der Waals surface area (Å²) in [5.74, 6) is 0.374. The van der Waals surface area contributed by atoms with Gasteiger partial charge in [-0.05, 0) is 57.0 Å². The molecular weight excluding hydrogens is 470 g/mol. The number of aliphatic imine (C=N–C) groups is 1. The highest BCUT2D eigenvalue weighted by Crippen LogP contribution is 2.37. The van der Waals surface area contributed by atoms with E-state index in [9.17, 15) is 4.39 Å². The second-order valence-electron chi connectivity index (χ2n) is 6.35. The molecule has 2 unspecified atom stereocenters. The highest BCUT2D eigenvalue weighted by atomic mass is 127. The van der Waals surface area contributed by atoms with Crippen molar-refractivity contribution in [3.05, 3.63) is 34.6 Å². The van der Waals surface area contributed by atoms with E-state index in [-0.39, 0.29) is 40.9 Å². The van der Waals surface area contributed by atoms with Crippen LogP contribution in [-0.4, -0.2) is 50.8 Å². The fourth-order valence-corrected chi connectivity index (χ4v) is 3.36. The third-order valence-corrected chi connectivity index (χ3v) is 4.84. The van der Waals surface area contributed by atoms with Gasteiger partial charge in [-0.15, -0.1) is 24.0 Å². The van der Waals surface area contributed by atoms with Gasteiger partial charge in [0.05, 0.1) is 5.02 Å². The predicted octanol–water partition coefficient (Wildman–Crippen LogP) is 3.42. The van der Waals surface area contributed by atoms with Crippen molar-refractivity contribution in [2.75, 3.05) is 39.9 Å². The van der Waals surface area contributed by atoms with E-state index in [1.807, 2.05) is 13.0 Å². The van der Waals surface area contributed by atoms with Crippen molar-refractivity contribution in [3.8, 4) is 0 Å². The summed E-state index contributed by atoms with van der Waals surface area (Å²) in [6, 6.07) is 5.17. The Morgan fingerprint density at radius 3 is 2.96 bits per heavy atom. The van der Waals surface area contributed by atoms with Crippen LogP contribution in [0, 0.1) is 11.7 Å².